The number of rotatable bonds is 3. The fourth-order valence-electron chi connectivity index (χ4n) is 2.21. The van der Waals surface area contributed by atoms with Crippen LogP contribution in [-0.2, 0) is 0 Å². The fraction of sp³-hybridized carbons (Fsp3) is 0.500. The van der Waals surface area contributed by atoms with E-state index in [9.17, 15) is 15.2 Å². The van der Waals surface area contributed by atoms with Gasteiger partial charge in [-0.1, -0.05) is 12.8 Å². The molecule has 98 valence electrons. The number of anilines is 1. The molecule has 1 aromatic rings. The number of benzene rings is 1. The van der Waals surface area contributed by atoms with Crippen molar-refractivity contribution in [3.63, 3.8) is 0 Å². The highest BCUT2D eigenvalue weighted by Gasteiger charge is 2.23. The van der Waals surface area contributed by atoms with Gasteiger partial charge in [-0.15, -0.1) is 0 Å². The van der Waals surface area contributed by atoms with Crippen molar-refractivity contribution in [1.82, 2.24) is 0 Å². The van der Waals surface area contributed by atoms with Gasteiger partial charge in [0.15, 0.2) is 0 Å². The molecular formula is C12H15IN2O3. The summed E-state index contributed by atoms with van der Waals surface area (Å²) in [5, 5.41) is 23.8. The number of nitrogens with one attached hydrogen (secondary N) is 1. The van der Waals surface area contributed by atoms with Crippen LogP contribution in [0, 0.1) is 13.7 Å². The summed E-state index contributed by atoms with van der Waals surface area (Å²) in [6.45, 7) is 0. The molecule has 0 saturated heterocycles. The Morgan fingerprint density at radius 2 is 2.11 bits per heavy atom. The summed E-state index contributed by atoms with van der Waals surface area (Å²) in [6, 6.07) is 4.78. The van der Waals surface area contributed by atoms with Crippen LogP contribution in [0.1, 0.15) is 25.7 Å². The van der Waals surface area contributed by atoms with Gasteiger partial charge in [-0.05, 0) is 41.5 Å². The third-order valence-electron chi connectivity index (χ3n) is 3.23. The summed E-state index contributed by atoms with van der Waals surface area (Å²) in [5.74, 6) is 0. The molecule has 0 spiro atoms. The van der Waals surface area contributed by atoms with Crippen LogP contribution in [0.25, 0.3) is 0 Å². The lowest BCUT2D eigenvalue weighted by Crippen LogP contribution is -2.36. The highest BCUT2D eigenvalue weighted by Crippen LogP contribution is 2.27. The third kappa shape index (κ3) is 3.11. The SMILES string of the molecule is O=[N+]([O-])c1ccc(NC2CCCCC2O)c(I)c1. The van der Waals surface area contributed by atoms with Gasteiger partial charge in [0.2, 0.25) is 0 Å². The first-order chi connectivity index (χ1) is 8.58. The number of halogens is 1. The van der Waals surface area contributed by atoms with Gasteiger partial charge in [-0.2, -0.15) is 0 Å². The molecule has 1 aliphatic carbocycles. The summed E-state index contributed by atoms with van der Waals surface area (Å²) in [5.41, 5.74) is 0.946. The van der Waals surface area contributed by atoms with Crippen molar-refractivity contribution >= 4 is 34.0 Å². The molecule has 0 radical (unpaired) electrons. The van der Waals surface area contributed by atoms with E-state index in [1.807, 2.05) is 0 Å². The molecule has 0 aliphatic heterocycles. The van der Waals surface area contributed by atoms with E-state index in [-0.39, 0.29) is 17.8 Å². The Bertz CT molecular complexity index is 453. The summed E-state index contributed by atoms with van der Waals surface area (Å²) in [7, 11) is 0. The number of nitro groups is 1. The molecular weight excluding hydrogens is 347 g/mol. The Morgan fingerprint density at radius 3 is 2.72 bits per heavy atom. The summed E-state index contributed by atoms with van der Waals surface area (Å²) >= 11 is 2.07. The first-order valence-corrected chi connectivity index (χ1v) is 7.04. The minimum atomic E-state index is -0.401. The zero-order chi connectivity index (χ0) is 13.1. The van der Waals surface area contributed by atoms with E-state index >= 15 is 0 Å². The number of hydrogen-bond acceptors (Lipinski definition) is 4. The predicted molar refractivity (Wildman–Crippen MR) is 77.7 cm³/mol. The van der Waals surface area contributed by atoms with Gasteiger partial charge in [0.05, 0.1) is 17.1 Å². The van der Waals surface area contributed by atoms with Crippen LogP contribution in [0.5, 0.6) is 0 Å². The van der Waals surface area contributed by atoms with Gasteiger partial charge in [-0.25, -0.2) is 0 Å². The standard InChI is InChI=1S/C12H15IN2O3/c13-9-7-8(15(17)18)5-6-10(9)14-11-3-1-2-4-12(11)16/h5-7,11-12,14,16H,1-4H2. The molecule has 18 heavy (non-hydrogen) atoms. The van der Waals surface area contributed by atoms with Gasteiger partial charge in [-0.3, -0.25) is 10.1 Å². The lowest BCUT2D eigenvalue weighted by atomic mass is 9.92. The van der Waals surface area contributed by atoms with Crippen molar-refractivity contribution in [2.24, 2.45) is 0 Å². The molecule has 0 bridgehead atoms. The van der Waals surface area contributed by atoms with Crippen LogP contribution in [0.2, 0.25) is 0 Å². The monoisotopic (exact) mass is 362 g/mol. The molecule has 6 heteroatoms. The van der Waals surface area contributed by atoms with E-state index in [0.717, 1.165) is 34.9 Å². The molecule has 1 saturated carbocycles. The van der Waals surface area contributed by atoms with Crippen molar-refractivity contribution < 1.29 is 10.0 Å². The topological polar surface area (TPSA) is 75.4 Å². The second kappa shape index (κ2) is 5.83. The van der Waals surface area contributed by atoms with Crippen molar-refractivity contribution in [3.8, 4) is 0 Å². The minimum absolute atomic E-state index is 0.0497. The Morgan fingerprint density at radius 1 is 1.39 bits per heavy atom. The Labute approximate surface area is 119 Å². The summed E-state index contributed by atoms with van der Waals surface area (Å²) < 4.78 is 0.805. The van der Waals surface area contributed by atoms with Crippen LogP contribution in [0.3, 0.4) is 0 Å². The second-order valence-corrected chi connectivity index (χ2v) is 5.69. The minimum Gasteiger partial charge on any atom is -0.391 e. The van der Waals surface area contributed by atoms with Crippen molar-refractivity contribution in [2.75, 3.05) is 5.32 Å². The lowest BCUT2D eigenvalue weighted by Gasteiger charge is -2.29. The van der Waals surface area contributed by atoms with Gasteiger partial charge >= 0.3 is 0 Å². The molecule has 2 atom stereocenters. The van der Waals surface area contributed by atoms with E-state index in [1.54, 1.807) is 6.07 Å². The van der Waals surface area contributed by atoms with Crippen molar-refractivity contribution in [2.45, 2.75) is 37.8 Å². The van der Waals surface area contributed by atoms with Gasteiger partial charge in [0, 0.05) is 21.4 Å². The molecule has 2 rings (SSSR count). The van der Waals surface area contributed by atoms with Crippen LogP contribution < -0.4 is 5.32 Å². The normalized spacial score (nSPS) is 23.7. The maximum absolute atomic E-state index is 10.6. The highest BCUT2D eigenvalue weighted by molar-refractivity contribution is 14.1. The third-order valence-corrected chi connectivity index (χ3v) is 4.13. The number of non-ortho nitro benzene ring substituents is 1. The lowest BCUT2D eigenvalue weighted by molar-refractivity contribution is -0.384. The van der Waals surface area contributed by atoms with Crippen LogP contribution >= 0.6 is 22.6 Å². The molecule has 0 amide bonds. The second-order valence-electron chi connectivity index (χ2n) is 4.52. The average Bonchev–Trinajstić information content (AvgIpc) is 2.34. The number of hydrogen-bond donors (Lipinski definition) is 2. The van der Waals surface area contributed by atoms with E-state index in [2.05, 4.69) is 27.9 Å². The first-order valence-electron chi connectivity index (χ1n) is 5.96. The maximum Gasteiger partial charge on any atom is 0.270 e. The number of aliphatic hydroxyl groups excluding tert-OH is 1. The fourth-order valence-corrected chi connectivity index (χ4v) is 2.87. The van der Waals surface area contributed by atoms with Crippen LogP contribution in [0.15, 0.2) is 18.2 Å². The van der Waals surface area contributed by atoms with Gasteiger partial charge in [0.1, 0.15) is 0 Å². The number of nitrogens with zero attached hydrogens (tertiary/aromatic N) is 1. The molecule has 0 aromatic heterocycles. The van der Waals surface area contributed by atoms with Gasteiger partial charge in [0.25, 0.3) is 5.69 Å². The number of nitro benzene ring substituents is 1. The average molecular weight is 362 g/mol. The van der Waals surface area contributed by atoms with Gasteiger partial charge < -0.3 is 10.4 Å². The predicted octanol–water partition coefficient (Wildman–Crippen LogP) is 2.91. The quantitative estimate of drug-likeness (QED) is 0.493. The summed E-state index contributed by atoms with van der Waals surface area (Å²) in [4.78, 5) is 10.2. The Kier molecular flexibility index (Phi) is 4.39. The molecule has 5 nitrogen and oxygen atoms in total. The molecule has 0 heterocycles. The molecule has 2 N–H and O–H groups in total. The highest BCUT2D eigenvalue weighted by atomic mass is 127. The Balaban J connectivity index is 2.11. The maximum atomic E-state index is 10.6. The Hall–Kier alpha value is -0.890. The molecule has 1 aromatic carbocycles. The van der Waals surface area contributed by atoms with E-state index < -0.39 is 4.92 Å². The molecule has 1 aliphatic rings. The van der Waals surface area contributed by atoms with Crippen LogP contribution in [0.4, 0.5) is 11.4 Å². The largest absolute Gasteiger partial charge is 0.391 e. The first kappa shape index (κ1) is 13.5. The zero-order valence-electron chi connectivity index (χ0n) is 9.80. The molecule has 1 fully saturated rings. The molecule has 2 unspecified atom stereocenters. The van der Waals surface area contributed by atoms with Crippen LogP contribution in [-0.4, -0.2) is 22.2 Å². The van der Waals surface area contributed by atoms with E-state index in [4.69, 9.17) is 0 Å². The summed E-state index contributed by atoms with van der Waals surface area (Å²) in [6.07, 6.45) is 3.61. The van der Waals surface area contributed by atoms with E-state index in [1.165, 1.54) is 12.1 Å². The smallest absolute Gasteiger partial charge is 0.270 e. The number of aliphatic hydroxyl groups is 1. The van der Waals surface area contributed by atoms with E-state index in [0.29, 0.717) is 0 Å². The van der Waals surface area contributed by atoms with Crippen molar-refractivity contribution in [1.29, 1.82) is 0 Å². The van der Waals surface area contributed by atoms with Crippen molar-refractivity contribution in [3.05, 3.63) is 31.9 Å². The zero-order valence-corrected chi connectivity index (χ0v) is 12.0.